The molecule has 1 saturated heterocycles. The van der Waals surface area contributed by atoms with Crippen LogP contribution in [0.4, 0.5) is 4.79 Å². The molecule has 154 valence electrons. The Morgan fingerprint density at radius 1 is 1.24 bits per heavy atom. The molecule has 1 unspecified atom stereocenters. The summed E-state index contributed by atoms with van der Waals surface area (Å²) in [6, 6.07) is 10.2. The van der Waals surface area contributed by atoms with Gasteiger partial charge >= 0.3 is 6.09 Å². The lowest BCUT2D eigenvalue weighted by Gasteiger charge is -2.34. The fourth-order valence-corrected chi connectivity index (χ4v) is 4.46. The number of hydrogen-bond acceptors (Lipinski definition) is 4. The van der Waals surface area contributed by atoms with E-state index in [9.17, 15) is 4.79 Å². The van der Waals surface area contributed by atoms with Crippen LogP contribution in [0, 0.1) is 12.8 Å². The zero-order chi connectivity index (χ0) is 20.5. The van der Waals surface area contributed by atoms with Gasteiger partial charge in [0.1, 0.15) is 17.0 Å². The molecule has 6 heteroatoms. The lowest BCUT2D eigenvalue weighted by Crippen LogP contribution is -2.43. The first kappa shape index (κ1) is 20.0. The molecule has 2 aliphatic rings. The summed E-state index contributed by atoms with van der Waals surface area (Å²) in [4.78, 5) is 18.3. The van der Waals surface area contributed by atoms with Crippen molar-refractivity contribution >= 4 is 17.7 Å². The monoisotopic (exact) mass is 414 g/mol. The van der Waals surface area contributed by atoms with Crippen LogP contribution < -0.4 is 4.74 Å². The first-order valence-electron chi connectivity index (χ1n) is 10.3. The summed E-state index contributed by atoms with van der Waals surface area (Å²) in [6.07, 6.45) is 2.68. The molecule has 0 radical (unpaired) electrons. The molecule has 2 aliphatic heterocycles. The number of carbonyl (C=O) groups is 1. The minimum Gasteiger partial charge on any atom is -0.490 e. The van der Waals surface area contributed by atoms with Crippen molar-refractivity contribution < 1.29 is 14.3 Å². The molecule has 0 saturated carbocycles. The molecule has 0 N–H and O–H groups in total. The maximum absolute atomic E-state index is 12.1. The molecule has 0 bridgehead atoms. The van der Waals surface area contributed by atoms with E-state index in [4.69, 9.17) is 21.1 Å². The SMILES string of the molecule is Cc1nc(Cl)ccc1-c1ccc2c(c1)CC(C1CCN(C(=O)OC(C)C)CC1)O2. The maximum atomic E-state index is 12.1. The van der Waals surface area contributed by atoms with Gasteiger partial charge in [-0.25, -0.2) is 9.78 Å². The van der Waals surface area contributed by atoms with Crippen LogP contribution in [0.5, 0.6) is 5.75 Å². The van der Waals surface area contributed by atoms with Gasteiger partial charge in [0.05, 0.1) is 6.10 Å². The molecule has 3 heterocycles. The van der Waals surface area contributed by atoms with Crippen molar-refractivity contribution in [2.24, 2.45) is 5.92 Å². The molecule has 2 aromatic rings. The molecule has 1 aromatic heterocycles. The molecule has 29 heavy (non-hydrogen) atoms. The third-order valence-electron chi connectivity index (χ3n) is 5.78. The number of nitrogens with zero attached hydrogens (tertiary/aromatic N) is 2. The Morgan fingerprint density at radius 3 is 2.69 bits per heavy atom. The molecular formula is C23H27ClN2O3. The first-order valence-corrected chi connectivity index (χ1v) is 10.7. The van der Waals surface area contributed by atoms with Crippen molar-refractivity contribution in [3.05, 3.63) is 46.7 Å². The summed E-state index contributed by atoms with van der Waals surface area (Å²) in [5, 5.41) is 0.513. The Hall–Kier alpha value is -2.27. The van der Waals surface area contributed by atoms with E-state index < -0.39 is 0 Å². The van der Waals surface area contributed by atoms with Gasteiger partial charge in [0.25, 0.3) is 0 Å². The number of benzene rings is 1. The van der Waals surface area contributed by atoms with Gasteiger partial charge in [0, 0.05) is 30.8 Å². The van der Waals surface area contributed by atoms with Gasteiger partial charge in [0.2, 0.25) is 0 Å². The molecule has 1 atom stereocenters. The molecule has 1 fully saturated rings. The second-order valence-corrected chi connectivity index (χ2v) is 8.59. The number of likely N-dealkylation sites (tertiary alicyclic amines) is 1. The van der Waals surface area contributed by atoms with E-state index >= 15 is 0 Å². The van der Waals surface area contributed by atoms with Crippen LogP contribution in [0.2, 0.25) is 5.15 Å². The van der Waals surface area contributed by atoms with Gasteiger partial charge in [0.15, 0.2) is 0 Å². The van der Waals surface area contributed by atoms with Gasteiger partial charge < -0.3 is 14.4 Å². The van der Waals surface area contributed by atoms with Crippen molar-refractivity contribution in [2.75, 3.05) is 13.1 Å². The van der Waals surface area contributed by atoms with Crippen LogP contribution in [-0.2, 0) is 11.2 Å². The van der Waals surface area contributed by atoms with Crippen molar-refractivity contribution in [1.82, 2.24) is 9.88 Å². The maximum Gasteiger partial charge on any atom is 0.410 e. The highest BCUT2D eigenvalue weighted by molar-refractivity contribution is 6.29. The average Bonchev–Trinajstić information content (AvgIpc) is 3.11. The molecule has 1 amide bonds. The number of pyridine rings is 1. The number of ether oxygens (including phenoxy) is 2. The van der Waals surface area contributed by atoms with E-state index in [0.717, 1.165) is 54.9 Å². The molecule has 5 nitrogen and oxygen atoms in total. The number of aromatic nitrogens is 1. The topological polar surface area (TPSA) is 51.7 Å². The molecule has 0 aliphatic carbocycles. The molecule has 0 spiro atoms. The van der Waals surface area contributed by atoms with Crippen molar-refractivity contribution in [3.63, 3.8) is 0 Å². The minimum absolute atomic E-state index is 0.0819. The van der Waals surface area contributed by atoms with Crippen LogP contribution >= 0.6 is 11.6 Å². The Kier molecular flexibility index (Phi) is 5.68. The number of rotatable bonds is 3. The summed E-state index contributed by atoms with van der Waals surface area (Å²) in [7, 11) is 0. The van der Waals surface area contributed by atoms with E-state index in [1.54, 1.807) is 0 Å². The Morgan fingerprint density at radius 2 is 2.00 bits per heavy atom. The quantitative estimate of drug-likeness (QED) is 0.642. The standard InChI is InChI=1S/C23H27ClN2O3/c1-14(2)28-23(27)26-10-8-16(9-11-26)21-13-18-12-17(4-6-20(18)29-21)19-5-7-22(24)25-15(19)3/h4-7,12,14,16,21H,8-11,13H2,1-3H3. The molecule has 1 aromatic carbocycles. The number of halogens is 1. The van der Waals surface area contributed by atoms with Gasteiger partial charge in [-0.3, -0.25) is 0 Å². The number of piperidine rings is 1. The van der Waals surface area contributed by atoms with Crippen LogP contribution in [0.3, 0.4) is 0 Å². The first-order chi connectivity index (χ1) is 13.9. The van der Waals surface area contributed by atoms with Crippen LogP contribution in [0.1, 0.15) is 37.9 Å². The highest BCUT2D eigenvalue weighted by Gasteiger charge is 2.34. The smallest absolute Gasteiger partial charge is 0.410 e. The van der Waals surface area contributed by atoms with Gasteiger partial charge in [-0.15, -0.1) is 0 Å². The lowest BCUT2D eigenvalue weighted by atomic mass is 9.88. The van der Waals surface area contributed by atoms with E-state index in [-0.39, 0.29) is 18.3 Å². The second kappa shape index (κ2) is 8.23. The third-order valence-corrected chi connectivity index (χ3v) is 5.99. The number of amides is 1. The Bertz CT molecular complexity index is 907. The van der Waals surface area contributed by atoms with Crippen LogP contribution in [0.15, 0.2) is 30.3 Å². The van der Waals surface area contributed by atoms with E-state index in [1.807, 2.05) is 37.8 Å². The van der Waals surface area contributed by atoms with E-state index in [1.165, 1.54) is 5.56 Å². The fourth-order valence-electron chi connectivity index (χ4n) is 4.27. The van der Waals surface area contributed by atoms with E-state index in [2.05, 4.69) is 23.2 Å². The largest absolute Gasteiger partial charge is 0.490 e. The van der Waals surface area contributed by atoms with Crippen molar-refractivity contribution in [2.45, 2.75) is 52.2 Å². The van der Waals surface area contributed by atoms with Gasteiger partial charge in [-0.05, 0) is 74.9 Å². The molecule has 4 rings (SSSR count). The van der Waals surface area contributed by atoms with Crippen molar-refractivity contribution in [3.8, 4) is 16.9 Å². The zero-order valence-electron chi connectivity index (χ0n) is 17.2. The number of hydrogen-bond donors (Lipinski definition) is 0. The Balaban J connectivity index is 1.40. The van der Waals surface area contributed by atoms with E-state index in [0.29, 0.717) is 11.1 Å². The number of carbonyl (C=O) groups excluding carboxylic acids is 1. The predicted molar refractivity (Wildman–Crippen MR) is 113 cm³/mol. The van der Waals surface area contributed by atoms with Gasteiger partial charge in [-0.2, -0.15) is 0 Å². The third kappa shape index (κ3) is 4.35. The van der Waals surface area contributed by atoms with Crippen LogP contribution in [-0.4, -0.2) is 41.3 Å². The predicted octanol–water partition coefficient (Wildman–Crippen LogP) is 5.27. The highest BCUT2D eigenvalue weighted by atomic mass is 35.5. The normalized spacial score (nSPS) is 19.2. The fraction of sp³-hybridized carbons (Fsp3) is 0.478. The zero-order valence-corrected chi connectivity index (χ0v) is 17.9. The summed E-state index contributed by atoms with van der Waals surface area (Å²) in [5.41, 5.74) is 4.40. The number of fused-ring (bicyclic) bond motifs is 1. The summed E-state index contributed by atoms with van der Waals surface area (Å²) in [6.45, 7) is 7.20. The van der Waals surface area contributed by atoms with Crippen molar-refractivity contribution in [1.29, 1.82) is 0 Å². The number of aryl methyl sites for hydroxylation is 1. The lowest BCUT2D eigenvalue weighted by molar-refractivity contribution is 0.0503. The van der Waals surface area contributed by atoms with Crippen LogP contribution in [0.25, 0.3) is 11.1 Å². The summed E-state index contributed by atoms with van der Waals surface area (Å²) in [5.74, 6) is 1.42. The minimum atomic E-state index is -0.203. The summed E-state index contributed by atoms with van der Waals surface area (Å²) < 4.78 is 11.6. The highest BCUT2D eigenvalue weighted by Crippen LogP contribution is 2.38. The Labute approximate surface area is 177 Å². The average molecular weight is 415 g/mol. The van der Waals surface area contributed by atoms with Gasteiger partial charge in [-0.1, -0.05) is 17.7 Å². The second-order valence-electron chi connectivity index (χ2n) is 8.21. The molecular weight excluding hydrogens is 388 g/mol. The summed E-state index contributed by atoms with van der Waals surface area (Å²) >= 11 is 5.99.